The summed E-state index contributed by atoms with van der Waals surface area (Å²) >= 11 is 14.9. The summed E-state index contributed by atoms with van der Waals surface area (Å²) in [7, 11) is -3.54. The molecule has 2 unspecified atom stereocenters. The third-order valence-electron chi connectivity index (χ3n) is 2.24. The molecule has 0 radical (unpaired) electrons. The van der Waals surface area contributed by atoms with Gasteiger partial charge in [0.15, 0.2) is 0 Å². The van der Waals surface area contributed by atoms with E-state index in [9.17, 15) is 8.42 Å². The van der Waals surface area contributed by atoms with Gasteiger partial charge in [0, 0.05) is 15.9 Å². The molecular formula is C11H14BrCl2NO2S. The van der Waals surface area contributed by atoms with Crippen LogP contribution in [-0.2, 0) is 10.0 Å². The fourth-order valence-corrected chi connectivity index (χ4v) is 3.71. The van der Waals surface area contributed by atoms with Gasteiger partial charge < -0.3 is 0 Å². The van der Waals surface area contributed by atoms with Gasteiger partial charge in [-0.1, -0.05) is 11.6 Å². The highest BCUT2D eigenvalue weighted by molar-refractivity contribution is 9.10. The van der Waals surface area contributed by atoms with Crippen molar-refractivity contribution in [1.82, 2.24) is 4.72 Å². The summed E-state index contributed by atoms with van der Waals surface area (Å²) in [6.45, 7) is 3.60. The van der Waals surface area contributed by atoms with Gasteiger partial charge in [-0.05, 0) is 54.4 Å². The van der Waals surface area contributed by atoms with E-state index in [4.69, 9.17) is 23.2 Å². The zero-order valence-corrected chi connectivity index (χ0v) is 13.9. The van der Waals surface area contributed by atoms with Gasteiger partial charge in [0.25, 0.3) is 0 Å². The van der Waals surface area contributed by atoms with Crippen LogP contribution in [0.4, 0.5) is 0 Å². The molecule has 0 aliphatic heterocycles. The first-order valence-corrected chi connectivity index (χ1v) is 8.43. The Morgan fingerprint density at radius 1 is 1.39 bits per heavy atom. The van der Waals surface area contributed by atoms with Crippen LogP contribution in [0.1, 0.15) is 20.3 Å². The third kappa shape index (κ3) is 4.70. The first-order valence-electron chi connectivity index (χ1n) is 5.34. The molecule has 3 nitrogen and oxygen atoms in total. The molecule has 18 heavy (non-hydrogen) atoms. The van der Waals surface area contributed by atoms with Crippen LogP contribution in [-0.4, -0.2) is 19.8 Å². The van der Waals surface area contributed by atoms with Crippen LogP contribution in [0.2, 0.25) is 5.02 Å². The van der Waals surface area contributed by atoms with Crippen molar-refractivity contribution in [3.05, 3.63) is 27.7 Å². The fraction of sp³-hybridized carbons (Fsp3) is 0.455. The summed E-state index contributed by atoms with van der Waals surface area (Å²) in [5.41, 5.74) is 0. The molecule has 0 saturated carbocycles. The number of halogens is 3. The quantitative estimate of drug-likeness (QED) is 0.797. The van der Waals surface area contributed by atoms with E-state index in [2.05, 4.69) is 20.7 Å². The molecule has 0 aliphatic rings. The van der Waals surface area contributed by atoms with Crippen LogP contribution in [0.15, 0.2) is 27.6 Å². The van der Waals surface area contributed by atoms with Crippen LogP contribution in [0.5, 0.6) is 0 Å². The normalized spacial score (nSPS) is 15.4. The Morgan fingerprint density at radius 2 is 2.00 bits per heavy atom. The SMILES string of the molecule is CC(Cl)CC(C)NS(=O)(=O)c1ccc(Cl)c(Br)c1. The summed E-state index contributed by atoms with van der Waals surface area (Å²) in [4.78, 5) is 0.174. The Kier molecular flexibility index (Phi) is 5.93. The molecule has 0 fully saturated rings. The van der Waals surface area contributed by atoms with E-state index >= 15 is 0 Å². The van der Waals surface area contributed by atoms with Crippen LogP contribution in [0, 0.1) is 0 Å². The summed E-state index contributed by atoms with van der Waals surface area (Å²) < 4.78 is 27.3. The Balaban J connectivity index is 2.89. The molecule has 102 valence electrons. The predicted molar refractivity (Wildman–Crippen MR) is 78.9 cm³/mol. The van der Waals surface area contributed by atoms with Crippen molar-refractivity contribution in [2.24, 2.45) is 0 Å². The Bertz CT molecular complexity index is 520. The zero-order valence-electron chi connectivity index (χ0n) is 9.95. The number of benzene rings is 1. The Morgan fingerprint density at radius 3 is 2.50 bits per heavy atom. The third-order valence-corrected chi connectivity index (χ3v) is 5.22. The van der Waals surface area contributed by atoms with Gasteiger partial charge in [0.05, 0.1) is 9.92 Å². The minimum absolute atomic E-state index is 0.0837. The molecule has 0 bridgehead atoms. The molecule has 7 heteroatoms. The molecule has 1 aromatic carbocycles. The lowest BCUT2D eigenvalue weighted by atomic mass is 10.2. The van der Waals surface area contributed by atoms with Crippen molar-refractivity contribution in [2.45, 2.75) is 36.6 Å². The van der Waals surface area contributed by atoms with Gasteiger partial charge in [-0.15, -0.1) is 11.6 Å². The largest absolute Gasteiger partial charge is 0.240 e. The maximum Gasteiger partial charge on any atom is 0.240 e. The topological polar surface area (TPSA) is 46.2 Å². The summed E-state index contributed by atoms with van der Waals surface area (Å²) in [5, 5.41) is 0.385. The number of sulfonamides is 1. The second kappa shape index (κ2) is 6.57. The smallest absolute Gasteiger partial charge is 0.208 e. The predicted octanol–water partition coefficient (Wildman–Crippen LogP) is 3.79. The molecule has 1 rings (SSSR count). The first-order chi connectivity index (χ1) is 8.22. The molecule has 0 spiro atoms. The number of hydrogen-bond acceptors (Lipinski definition) is 2. The van der Waals surface area contributed by atoms with E-state index in [-0.39, 0.29) is 16.3 Å². The molecule has 2 atom stereocenters. The van der Waals surface area contributed by atoms with Crippen molar-refractivity contribution < 1.29 is 8.42 Å². The number of rotatable bonds is 5. The van der Waals surface area contributed by atoms with E-state index < -0.39 is 10.0 Å². The number of alkyl halides is 1. The second-order valence-corrected chi connectivity index (χ2v) is 7.84. The average molecular weight is 375 g/mol. The maximum absolute atomic E-state index is 12.1. The lowest BCUT2D eigenvalue weighted by Crippen LogP contribution is -2.33. The van der Waals surface area contributed by atoms with E-state index in [1.54, 1.807) is 6.92 Å². The van der Waals surface area contributed by atoms with Crippen molar-refractivity contribution >= 4 is 49.2 Å². The molecular weight excluding hydrogens is 361 g/mol. The Labute approximate surface area is 126 Å². The summed E-state index contributed by atoms with van der Waals surface area (Å²) in [6, 6.07) is 4.25. The van der Waals surface area contributed by atoms with E-state index in [0.29, 0.717) is 15.9 Å². The molecule has 0 aromatic heterocycles. The van der Waals surface area contributed by atoms with Crippen molar-refractivity contribution in [2.75, 3.05) is 0 Å². The fourth-order valence-electron chi connectivity index (χ4n) is 1.51. The Hall–Kier alpha value is 0.190. The van der Waals surface area contributed by atoms with Crippen LogP contribution in [0.3, 0.4) is 0 Å². The standard InChI is InChI=1S/C11H14BrCl2NO2S/c1-7(13)5-8(2)15-18(16,17)9-3-4-11(14)10(12)6-9/h3-4,6-8,15H,5H2,1-2H3. The average Bonchev–Trinajstić information content (AvgIpc) is 2.19. The van der Waals surface area contributed by atoms with E-state index in [0.717, 1.165) is 0 Å². The highest BCUT2D eigenvalue weighted by Gasteiger charge is 2.19. The zero-order chi connectivity index (χ0) is 13.9. The monoisotopic (exact) mass is 373 g/mol. The van der Waals surface area contributed by atoms with E-state index in [1.165, 1.54) is 18.2 Å². The van der Waals surface area contributed by atoms with Crippen molar-refractivity contribution in [3.63, 3.8) is 0 Å². The lowest BCUT2D eigenvalue weighted by molar-refractivity contribution is 0.545. The maximum atomic E-state index is 12.1. The van der Waals surface area contributed by atoms with Crippen LogP contribution < -0.4 is 4.72 Å². The van der Waals surface area contributed by atoms with Gasteiger partial charge in [-0.3, -0.25) is 0 Å². The lowest BCUT2D eigenvalue weighted by Gasteiger charge is -2.15. The van der Waals surface area contributed by atoms with Crippen molar-refractivity contribution in [3.8, 4) is 0 Å². The molecule has 0 heterocycles. The van der Waals surface area contributed by atoms with Crippen LogP contribution in [0.25, 0.3) is 0 Å². The van der Waals surface area contributed by atoms with E-state index in [1.807, 2.05) is 6.92 Å². The molecule has 0 aliphatic carbocycles. The number of hydrogen-bond donors (Lipinski definition) is 1. The minimum Gasteiger partial charge on any atom is -0.208 e. The minimum atomic E-state index is -3.54. The second-order valence-electron chi connectivity index (χ2n) is 4.11. The summed E-state index contributed by atoms with van der Waals surface area (Å²) in [6.07, 6.45) is 0.565. The van der Waals surface area contributed by atoms with Gasteiger partial charge in [-0.25, -0.2) is 13.1 Å². The van der Waals surface area contributed by atoms with Gasteiger partial charge >= 0.3 is 0 Å². The molecule has 0 amide bonds. The first kappa shape index (κ1) is 16.2. The number of nitrogens with one attached hydrogen (secondary N) is 1. The molecule has 0 saturated heterocycles. The van der Waals surface area contributed by atoms with Crippen LogP contribution >= 0.6 is 39.1 Å². The van der Waals surface area contributed by atoms with Gasteiger partial charge in [-0.2, -0.15) is 0 Å². The van der Waals surface area contributed by atoms with Crippen molar-refractivity contribution in [1.29, 1.82) is 0 Å². The molecule has 1 aromatic rings. The van der Waals surface area contributed by atoms with Gasteiger partial charge in [0.1, 0.15) is 0 Å². The van der Waals surface area contributed by atoms with Gasteiger partial charge in [0.2, 0.25) is 10.0 Å². The highest BCUT2D eigenvalue weighted by Crippen LogP contribution is 2.25. The highest BCUT2D eigenvalue weighted by atomic mass is 79.9. The molecule has 1 N–H and O–H groups in total. The summed E-state index contributed by atoms with van der Waals surface area (Å²) in [5.74, 6) is 0.